The number of rotatable bonds is 7. The lowest BCUT2D eigenvalue weighted by molar-refractivity contribution is -0.123. The van der Waals surface area contributed by atoms with Gasteiger partial charge in [0.15, 0.2) is 6.61 Å². The van der Waals surface area contributed by atoms with Gasteiger partial charge in [0.25, 0.3) is 5.91 Å². The van der Waals surface area contributed by atoms with Gasteiger partial charge in [0, 0.05) is 35.7 Å². The standard InChI is InChI=1S/C24H24FN3O2/c1-16-5-10-21(25)24-23(16)20(17(2)27-24)11-12-26-22(29)15-30-19-8-6-18(7-9-19)28-13-3-4-14-28/h3-10,13-14,27H,11-12,15H2,1-2H3,(H,26,29). The minimum atomic E-state index is -0.259. The van der Waals surface area contributed by atoms with Crippen molar-refractivity contribution in [3.8, 4) is 11.4 Å². The third-order valence-electron chi connectivity index (χ3n) is 5.24. The molecule has 0 fully saturated rings. The fraction of sp³-hybridized carbons (Fsp3) is 0.208. The Hall–Kier alpha value is -3.54. The molecule has 0 saturated carbocycles. The summed E-state index contributed by atoms with van der Waals surface area (Å²) >= 11 is 0. The van der Waals surface area contributed by atoms with Crippen LogP contribution in [-0.4, -0.2) is 28.6 Å². The average molecular weight is 405 g/mol. The second-order valence-corrected chi connectivity index (χ2v) is 7.32. The van der Waals surface area contributed by atoms with Crippen LogP contribution in [0.25, 0.3) is 16.6 Å². The molecule has 4 aromatic rings. The van der Waals surface area contributed by atoms with Crippen molar-refractivity contribution in [2.75, 3.05) is 13.2 Å². The van der Waals surface area contributed by atoms with Gasteiger partial charge in [-0.1, -0.05) is 6.07 Å². The van der Waals surface area contributed by atoms with Crippen molar-refractivity contribution in [3.05, 3.63) is 83.6 Å². The highest BCUT2D eigenvalue weighted by Gasteiger charge is 2.14. The molecule has 0 aliphatic carbocycles. The lowest BCUT2D eigenvalue weighted by atomic mass is 10.0. The Morgan fingerprint density at radius 2 is 1.83 bits per heavy atom. The number of carbonyl (C=O) groups excluding carboxylic acids is 1. The molecule has 154 valence electrons. The number of carbonyl (C=O) groups is 1. The quantitative estimate of drug-likeness (QED) is 0.477. The summed E-state index contributed by atoms with van der Waals surface area (Å²) < 4.78 is 21.6. The zero-order valence-corrected chi connectivity index (χ0v) is 17.0. The van der Waals surface area contributed by atoms with Crippen LogP contribution in [0.3, 0.4) is 0 Å². The molecular weight excluding hydrogens is 381 g/mol. The molecule has 5 nitrogen and oxygen atoms in total. The first kappa shape index (κ1) is 19.8. The Labute approximate surface area is 174 Å². The van der Waals surface area contributed by atoms with Gasteiger partial charge in [-0.2, -0.15) is 0 Å². The van der Waals surface area contributed by atoms with Crippen molar-refractivity contribution in [2.24, 2.45) is 0 Å². The third kappa shape index (κ3) is 4.08. The van der Waals surface area contributed by atoms with E-state index in [-0.39, 0.29) is 18.3 Å². The smallest absolute Gasteiger partial charge is 0.257 e. The predicted octanol–water partition coefficient (Wildman–Crippen LogP) is 4.45. The monoisotopic (exact) mass is 405 g/mol. The summed E-state index contributed by atoms with van der Waals surface area (Å²) in [5.41, 5.74) is 4.53. The molecule has 1 amide bonds. The van der Waals surface area contributed by atoms with Gasteiger partial charge in [-0.05, 0) is 73.9 Å². The first-order valence-electron chi connectivity index (χ1n) is 9.92. The van der Waals surface area contributed by atoms with Gasteiger partial charge >= 0.3 is 0 Å². The van der Waals surface area contributed by atoms with Gasteiger partial charge in [0.05, 0.1) is 5.52 Å². The van der Waals surface area contributed by atoms with Crippen LogP contribution in [-0.2, 0) is 11.2 Å². The number of amides is 1. The number of aromatic nitrogens is 2. The maximum Gasteiger partial charge on any atom is 0.257 e. The number of hydrogen-bond acceptors (Lipinski definition) is 2. The topological polar surface area (TPSA) is 59.1 Å². The number of aryl methyl sites for hydroxylation is 2. The second kappa shape index (κ2) is 8.45. The van der Waals surface area contributed by atoms with E-state index in [0.717, 1.165) is 27.9 Å². The van der Waals surface area contributed by atoms with Gasteiger partial charge in [-0.25, -0.2) is 4.39 Å². The Morgan fingerprint density at radius 3 is 2.57 bits per heavy atom. The van der Waals surface area contributed by atoms with E-state index in [1.165, 1.54) is 6.07 Å². The van der Waals surface area contributed by atoms with E-state index >= 15 is 0 Å². The largest absolute Gasteiger partial charge is 0.484 e. The summed E-state index contributed by atoms with van der Waals surface area (Å²) in [5, 5.41) is 3.78. The molecule has 0 unspecified atom stereocenters. The van der Waals surface area contributed by atoms with Crippen LogP contribution in [0.2, 0.25) is 0 Å². The number of nitrogens with one attached hydrogen (secondary N) is 2. The molecule has 6 heteroatoms. The van der Waals surface area contributed by atoms with Crippen LogP contribution < -0.4 is 10.1 Å². The SMILES string of the molecule is Cc1[nH]c2c(F)ccc(C)c2c1CCNC(=O)COc1ccc(-n2cccc2)cc1. The van der Waals surface area contributed by atoms with Crippen LogP contribution in [0.4, 0.5) is 4.39 Å². The Morgan fingerprint density at radius 1 is 1.10 bits per heavy atom. The summed E-state index contributed by atoms with van der Waals surface area (Å²) in [6.45, 7) is 4.30. The fourth-order valence-electron chi connectivity index (χ4n) is 3.70. The lowest BCUT2D eigenvalue weighted by Crippen LogP contribution is -2.30. The lowest BCUT2D eigenvalue weighted by Gasteiger charge is -2.09. The first-order chi connectivity index (χ1) is 14.5. The predicted molar refractivity (Wildman–Crippen MR) is 116 cm³/mol. The number of aromatic amines is 1. The first-order valence-corrected chi connectivity index (χ1v) is 9.92. The van der Waals surface area contributed by atoms with E-state index in [4.69, 9.17) is 4.74 Å². The zero-order valence-electron chi connectivity index (χ0n) is 17.0. The van der Waals surface area contributed by atoms with Gasteiger partial charge in [-0.15, -0.1) is 0 Å². The van der Waals surface area contributed by atoms with Crippen LogP contribution in [0, 0.1) is 19.7 Å². The number of halogens is 1. The molecule has 2 heterocycles. The van der Waals surface area contributed by atoms with Gasteiger partial charge in [-0.3, -0.25) is 4.79 Å². The number of hydrogen-bond donors (Lipinski definition) is 2. The molecule has 0 atom stereocenters. The Bertz CT molecular complexity index is 1160. The summed E-state index contributed by atoms with van der Waals surface area (Å²) in [5.74, 6) is 0.190. The van der Waals surface area contributed by atoms with E-state index in [2.05, 4.69) is 10.3 Å². The molecule has 2 aromatic heterocycles. The Kier molecular flexibility index (Phi) is 5.57. The number of H-pyrrole nitrogens is 1. The fourth-order valence-corrected chi connectivity index (χ4v) is 3.70. The van der Waals surface area contributed by atoms with E-state index in [1.54, 1.807) is 6.07 Å². The highest BCUT2D eigenvalue weighted by atomic mass is 19.1. The molecule has 0 spiro atoms. The molecule has 0 aliphatic heterocycles. The second-order valence-electron chi connectivity index (χ2n) is 7.32. The van der Waals surface area contributed by atoms with E-state index in [1.807, 2.05) is 67.2 Å². The third-order valence-corrected chi connectivity index (χ3v) is 5.24. The minimum Gasteiger partial charge on any atom is -0.484 e. The molecule has 0 bridgehead atoms. The molecule has 2 aromatic carbocycles. The number of fused-ring (bicyclic) bond motifs is 1. The maximum absolute atomic E-state index is 14.1. The summed E-state index contributed by atoms with van der Waals surface area (Å²) in [4.78, 5) is 15.3. The summed E-state index contributed by atoms with van der Waals surface area (Å²) in [6.07, 6.45) is 4.55. The Balaban J connectivity index is 1.30. The van der Waals surface area contributed by atoms with E-state index < -0.39 is 0 Å². The van der Waals surface area contributed by atoms with Gasteiger partial charge in [0.2, 0.25) is 0 Å². The van der Waals surface area contributed by atoms with Crippen LogP contribution in [0.15, 0.2) is 60.9 Å². The van der Waals surface area contributed by atoms with Crippen molar-refractivity contribution in [1.29, 1.82) is 0 Å². The molecule has 30 heavy (non-hydrogen) atoms. The van der Waals surface area contributed by atoms with Crippen molar-refractivity contribution in [3.63, 3.8) is 0 Å². The van der Waals surface area contributed by atoms with Crippen LogP contribution >= 0.6 is 0 Å². The van der Waals surface area contributed by atoms with Gasteiger partial charge < -0.3 is 19.6 Å². The molecule has 0 saturated heterocycles. The molecule has 0 aliphatic rings. The number of nitrogens with zero attached hydrogens (tertiary/aromatic N) is 1. The molecule has 0 radical (unpaired) electrons. The molecule has 2 N–H and O–H groups in total. The molecule has 4 rings (SSSR count). The van der Waals surface area contributed by atoms with Crippen molar-refractivity contribution in [1.82, 2.24) is 14.9 Å². The highest BCUT2D eigenvalue weighted by Crippen LogP contribution is 2.27. The zero-order chi connectivity index (χ0) is 21.1. The molecular formula is C24H24FN3O2. The van der Waals surface area contributed by atoms with Gasteiger partial charge in [0.1, 0.15) is 11.6 Å². The van der Waals surface area contributed by atoms with Crippen molar-refractivity contribution in [2.45, 2.75) is 20.3 Å². The maximum atomic E-state index is 14.1. The summed E-state index contributed by atoms with van der Waals surface area (Å²) in [7, 11) is 0. The highest BCUT2D eigenvalue weighted by molar-refractivity contribution is 5.88. The average Bonchev–Trinajstić information content (AvgIpc) is 3.39. The van der Waals surface area contributed by atoms with Crippen molar-refractivity contribution >= 4 is 16.8 Å². The minimum absolute atomic E-state index is 0.0522. The number of ether oxygens (including phenoxy) is 1. The van der Waals surface area contributed by atoms with E-state index in [9.17, 15) is 9.18 Å². The number of benzene rings is 2. The van der Waals surface area contributed by atoms with Crippen molar-refractivity contribution < 1.29 is 13.9 Å². The summed E-state index contributed by atoms with van der Waals surface area (Å²) in [6, 6.07) is 14.7. The van der Waals surface area contributed by atoms with Crippen LogP contribution in [0.5, 0.6) is 5.75 Å². The van der Waals surface area contributed by atoms with Crippen LogP contribution in [0.1, 0.15) is 16.8 Å². The normalized spacial score (nSPS) is 11.0. The van der Waals surface area contributed by atoms with E-state index in [0.29, 0.717) is 24.2 Å².